The highest BCUT2D eigenvalue weighted by atomic mass is 16.7. The van der Waals surface area contributed by atoms with Crippen LogP contribution in [0.5, 0.6) is 0 Å². The molecule has 0 spiro atoms. The van der Waals surface area contributed by atoms with Crippen LogP contribution >= 0.6 is 0 Å². The first kappa shape index (κ1) is 26.0. The monoisotopic (exact) mass is 474 g/mol. The molecule has 3 aliphatic heterocycles. The van der Waals surface area contributed by atoms with Gasteiger partial charge in [-0.15, -0.1) is 0 Å². The van der Waals surface area contributed by atoms with Gasteiger partial charge in [0.15, 0.2) is 18.9 Å². The maximum Gasteiger partial charge on any atom is 0.186 e. The van der Waals surface area contributed by atoms with Gasteiger partial charge < -0.3 is 74.7 Å². The zero-order valence-corrected chi connectivity index (χ0v) is 16.7. The zero-order chi connectivity index (χ0) is 23.7. The van der Waals surface area contributed by atoms with E-state index >= 15 is 0 Å². The van der Waals surface area contributed by atoms with Gasteiger partial charge in [0.25, 0.3) is 0 Å². The van der Waals surface area contributed by atoms with Gasteiger partial charge in [0.2, 0.25) is 0 Å². The summed E-state index contributed by atoms with van der Waals surface area (Å²) in [6.45, 7) is -1.62. The maximum atomic E-state index is 10.4. The van der Waals surface area contributed by atoms with E-state index < -0.39 is 99.2 Å². The molecule has 3 saturated heterocycles. The van der Waals surface area contributed by atoms with Crippen LogP contribution in [-0.2, 0) is 23.7 Å². The lowest BCUT2D eigenvalue weighted by atomic mass is 9.98. The van der Waals surface area contributed by atoms with Crippen LogP contribution in [0.4, 0.5) is 0 Å². The number of hydrogen-bond donors (Lipinski definition) is 10. The Hall–Kier alpha value is -0.600. The van der Waals surface area contributed by atoms with Gasteiger partial charge in [-0.3, -0.25) is 0 Å². The largest absolute Gasteiger partial charge is 0.394 e. The first-order chi connectivity index (χ1) is 15.1. The van der Waals surface area contributed by atoms with Crippen LogP contribution in [0.25, 0.3) is 0 Å². The number of aliphatic hydroxyl groups excluding tert-OH is 10. The number of aliphatic hydroxyl groups is 10. The quantitative estimate of drug-likeness (QED) is 0.172. The fraction of sp³-hybridized carbons (Fsp3) is 1.00. The summed E-state index contributed by atoms with van der Waals surface area (Å²) in [4.78, 5) is 0. The second kappa shape index (κ2) is 10.8. The summed E-state index contributed by atoms with van der Waals surface area (Å²) < 4.78 is 25.9. The van der Waals surface area contributed by atoms with Crippen molar-refractivity contribution in [3.05, 3.63) is 0 Å². The molecule has 3 heterocycles. The van der Waals surface area contributed by atoms with Crippen LogP contribution in [0.1, 0.15) is 0 Å². The van der Waals surface area contributed by atoms with E-state index in [1.165, 1.54) is 0 Å². The molecule has 0 radical (unpaired) electrons. The number of rotatable bonds is 6. The highest BCUT2D eigenvalue weighted by Gasteiger charge is 2.49. The van der Waals surface area contributed by atoms with Crippen LogP contribution < -0.4 is 0 Å². The third-order valence-electron chi connectivity index (χ3n) is 5.68. The van der Waals surface area contributed by atoms with E-state index in [4.69, 9.17) is 23.7 Å². The second-order valence-electron chi connectivity index (χ2n) is 7.93. The van der Waals surface area contributed by atoms with Crippen LogP contribution in [0, 0.1) is 0 Å². The molecule has 15 heteroatoms. The fourth-order valence-electron chi connectivity index (χ4n) is 3.65. The molecular formula is C17H30O15. The second-order valence-corrected chi connectivity index (χ2v) is 7.93. The van der Waals surface area contributed by atoms with Crippen molar-refractivity contribution in [2.45, 2.75) is 86.0 Å². The van der Waals surface area contributed by atoms with Crippen LogP contribution in [0.2, 0.25) is 0 Å². The normalized spacial score (nSPS) is 52.7. The van der Waals surface area contributed by atoms with Gasteiger partial charge in [-0.2, -0.15) is 0 Å². The summed E-state index contributed by atoms with van der Waals surface area (Å²) in [5.41, 5.74) is 0. The first-order valence-corrected chi connectivity index (χ1v) is 9.99. The van der Waals surface area contributed by atoms with Crippen molar-refractivity contribution in [1.29, 1.82) is 0 Å². The van der Waals surface area contributed by atoms with Crippen LogP contribution in [0.15, 0.2) is 0 Å². The lowest BCUT2D eigenvalue weighted by Gasteiger charge is -2.44. The molecule has 0 aromatic heterocycles. The summed E-state index contributed by atoms with van der Waals surface area (Å²) >= 11 is 0. The average Bonchev–Trinajstić information content (AvgIpc) is 2.77. The molecule has 14 atom stereocenters. The number of hydrogen-bond acceptors (Lipinski definition) is 15. The summed E-state index contributed by atoms with van der Waals surface area (Å²) in [7, 11) is 0. The summed E-state index contributed by atoms with van der Waals surface area (Å²) in [5.74, 6) is 0. The molecule has 0 unspecified atom stereocenters. The van der Waals surface area contributed by atoms with Crippen molar-refractivity contribution in [2.24, 2.45) is 0 Å². The molecule has 0 bridgehead atoms. The number of ether oxygens (including phenoxy) is 5. The lowest BCUT2D eigenvalue weighted by molar-refractivity contribution is -0.357. The average molecular weight is 474 g/mol. The molecule has 10 N–H and O–H groups in total. The molecular weight excluding hydrogens is 444 g/mol. The molecule has 3 aliphatic rings. The van der Waals surface area contributed by atoms with Gasteiger partial charge in [0.1, 0.15) is 67.1 Å². The van der Waals surface area contributed by atoms with Crippen LogP contribution in [-0.4, -0.2) is 157 Å². The van der Waals surface area contributed by atoms with E-state index in [9.17, 15) is 51.1 Å². The molecule has 15 nitrogen and oxygen atoms in total. The highest BCUT2D eigenvalue weighted by molar-refractivity contribution is 4.93. The van der Waals surface area contributed by atoms with Gasteiger partial charge in [-0.05, 0) is 0 Å². The third kappa shape index (κ3) is 5.22. The van der Waals surface area contributed by atoms with Gasteiger partial charge in [0.05, 0.1) is 19.8 Å². The molecule has 0 aromatic carbocycles. The molecule has 3 rings (SSSR count). The summed E-state index contributed by atoms with van der Waals surface area (Å²) in [6, 6.07) is 0. The first-order valence-electron chi connectivity index (χ1n) is 9.99. The Morgan fingerprint density at radius 3 is 1.94 bits per heavy atom. The Balaban J connectivity index is 1.56. The standard InChI is InChI=1S/C17H30O15/c18-1-5-8(21)10(23)13(26)16(31-5)29-3-6-9(22)11(24)14(15(27)30-6)32-17-12(25)7(20)4(19)2-28-17/h4-27H,1-3H2/t4-,5-,6-,7+,8-,9+,10+,11+,12-,13-,14-,15-,16-,17+/m1/s1. The molecule has 188 valence electrons. The topological polar surface area (TPSA) is 248 Å². The summed E-state index contributed by atoms with van der Waals surface area (Å²) in [5, 5.41) is 98.7. The van der Waals surface area contributed by atoms with Crippen molar-refractivity contribution in [3.8, 4) is 0 Å². The van der Waals surface area contributed by atoms with Gasteiger partial charge in [-0.25, -0.2) is 0 Å². The smallest absolute Gasteiger partial charge is 0.186 e. The minimum Gasteiger partial charge on any atom is -0.394 e. The Kier molecular flexibility index (Phi) is 8.75. The van der Waals surface area contributed by atoms with E-state index in [2.05, 4.69) is 0 Å². The Morgan fingerprint density at radius 2 is 1.28 bits per heavy atom. The van der Waals surface area contributed by atoms with Crippen LogP contribution in [0.3, 0.4) is 0 Å². The fourth-order valence-corrected chi connectivity index (χ4v) is 3.65. The van der Waals surface area contributed by atoms with E-state index in [0.717, 1.165) is 0 Å². The summed E-state index contributed by atoms with van der Waals surface area (Å²) in [6.07, 6.45) is -22.2. The molecule has 0 amide bonds. The van der Waals surface area contributed by atoms with Crippen molar-refractivity contribution in [2.75, 3.05) is 19.8 Å². The zero-order valence-electron chi connectivity index (χ0n) is 16.7. The minimum absolute atomic E-state index is 0.388. The molecule has 0 aromatic rings. The van der Waals surface area contributed by atoms with E-state index in [0.29, 0.717) is 0 Å². The van der Waals surface area contributed by atoms with E-state index in [-0.39, 0.29) is 6.61 Å². The predicted octanol–water partition coefficient (Wildman–Crippen LogP) is -6.93. The third-order valence-corrected chi connectivity index (χ3v) is 5.68. The minimum atomic E-state index is -1.85. The Morgan fingerprint density at radius 1 is 0.656 bits per heavy atom. The molecule has 32 heavy (non-hydrogen) atoms. The highest BCUT2D eigenvalue weighted by Crippen LogP contribution is 2.28. The lowest BCUT2D eigenvalue weighted by Crippen LogP contribution is -2.63. The van der Waals surface area contributed by atoms with Crippen molar-refractivity contribution >= 4 is 0 Å². The maximum absolute atomic E-state index is 10.4. The van der Waals surface area contributed by atoms with Gasteiger partial charge in [0, 0.05) is 0 Å². The van der Waals surface area contributed by atoms with Gasteiger partial charge >= 0.3 is 0 Å². The Bertz CT molecular complexity index is 594. The van der Waals surface area contributed by atoms with E-state index in [1.54, 1.807) is 0 Å². The van der Waals surface area contributed by atoms with Gasteiger partial charge in [-0.1, -0.05) is 0 Å². The molecule has 0 aliphatic carbocycles. The molecule has 3 fully saturated rings. The predicted molar refractivity (Wildman–Crippen MR) is 95.2 cm³/mol. The molecule has 0 saturated carbocycles. The SMILES string of the molecule is OC[C@H]1O[C@@H](OC[C@H]2O[C@@H](O)[C@H](O[C@@H]3OC[C@@H](O)[C@H](O)[C@H]3O)[C@@H](O)[C@H]2O)[C@H](O)[C@@H](O)[C@@H]1O. The van der Waals surface area contributed by atoms with Crippen molar-refractivity contribution in [3.63, 3.8) is 0 Å². The van der Waals surface area contributed by atoms with Crippen molar-refractivity contribution in [1.82, 2.24) is 0 Å². The Labute approximate surface area is 181 Å². The van der Waals surface area contributed by atoms with Crippen molar-refractivity contribution < 1.29 is 74.7 Å². The van der Waals surface area contributed by atoms with E-state index in [1.807, 2.05) is 0 Å².